The summed E-state index contributed by atoms with van der Waals surface area (Å²) in [6.45, 7) is 0. The quantitative estimate of drug-likeness (QED) is 0.749. The number of hydrogen-bond donors (Lipinski definition) is 2. The maximum atomic E-state index is 12.8. The minimum atomic E-state index is -4.05. The van der Waals surface area contributed by atoms with Gasteiger partial charge < -0.3 is 14.6 Å². The summed E-state index contributed by atoms with van der Waals surface area (Å²) in [6.07, 6.45) is 4.42. The molecular formula is C19H21NO6S. The molecule has 0 saturated heterocycles. The number of benzene rings is 2. The Balaban J connectivity index is 1.86. The molecule has 3 rings (SSSR count). The van der Waals surface area contributed by atoms with Gasteiger partial charge in [-0.25, -0.2) is 13.2 Å². The molecule has 1 aliphatic carbocycles. The highest BCUT2D eigenvalue weighted by Crippen LogP contribution is 2.29. The maximum absolute atomic E-state index is 12.8. The van der Waals surface area contributed by atoms with Gasteiger partial charge in [0.25, 0.3) is 10.0 Å². The molecule has 0 amide bonds. The van der Waals surface area contributed by atoms with Crippen LogP contribution in [0, 0.1) is 0 Å². The van der Waals surface area contributed by atoms with Gasteiger partial charge in [0.1, 0.15) is 16.4 Å². The number of hydrogen-bond acceptors (Lipinski definition) is 5. The zero-order chi connectivity index (χ0) is 19.4. The summed E-state index contributed by atoms with van der Waals surface area (Å²) in [6, 6.07) is 10.4. The molecule has 0 atom stereocenters. The molecule has 0 unspecified atom stereocenters. The second-order valence-electron chi connectivity index (χ2n) is 6.33. The zero-order valence-corrected chi connectivity index (χ0v) is 15.7. The maximum Gasteiger partial charge on any atom is 0.335 e. The highest BCUT2D eigenvalue weighted by Gasteiger charge is 2.22. The molecule has 2 N–H and O–H groups in total. The molecule has 2 aromatic carbocycles. The van der Waals surface area contributed by atoms with Gasteiger partial charge in [-0.3, -0.25) is 4.72 Å². The molecule has 27 heavy (non-hydrogen) atoms. The van der Waals surface area contributed by atoms with E-state index in [9.17, 15) is 13.2 Å². The summed E-state index contributed by atoms with van der Waals surface area (Å²) in [4.78, 5) is 10.9. The van der Waals surface area contributed by atoms with Gasteiger partial charge in [0.15, 0.2) is 0 Å². The monoisotopic (exact) mass is 391 g/mol. The topological polar surface area (TPSA) is 102 Å². The molecule has 0 aliphatic heterocycles. The predicted octanol–water partition coefficient (Wildman–Crippen LogP) is 3.52. The van der Waals surface area contributed by atoms with E-state index in [0.717, 1.165) is 31.7 Å². The predicted molar refractivity (Wildman–Crippen MR) is 100 cm³/mol. The average molecular weight is 391 g/mol. The van der Waals surface area contributed by atoms with Gasteiger partial charge in [-0.2, -0.15) is 0 Å². The summed E-state index contributed by atoms with van der Waals surface area (Å²) >= 11 is 0. The van der Waals surface area contributed by atoms with E-state index in [-0.39, 0.29) is 22.3 Å². The number of methoxy groups -OCH3 is 1. The molecule has 0 spiro atoms. The van der Waals surface area contributed by atoms with Gasteiger partial charge in [-0.1, -0.05) is 6.07 Å². The molecule has 1 aliphatic rings. The van der Waals surface area contributed by atoms with E-state index in [2.05, 4.69) is 4.72 Å². The van der Waals surface area contributed by atoms with Crippen molar-refractivity contribution in [3.05, 3.63) is 48.0 Å². The number of aromatic carboxylic acids is 1. The van der Waals surface area contributed by atoms with Crippen LogP contribution in [0.2, 0.25) is 0 Å². The SMILES string of the molecule is COc1ccc(C(=O)O)cc1S(=O)(=O)Nc1cccc(OC2CCCC2)c1. The van der Waals surface area contributed by atoms with Gasteiger partial charge in [-0.15, -0.1) is 0 Å². The Morgan fingerprint density at radius 2 is 1.89 bits per heavy atom. The van der Waals surface area contributed by atoms with Crippen molar-refractivity contribution in [2.45, 2.75) is 36.7 Å². The summed E-state index contributed by atoms with van der Waals surface area (Å²) in [5.41, 5.74) is 0.183. The number of carboxylic acids is 1. The summed E-state index contributed by atoms with van der Waals surface area (Å²) in [5, 5.41) is 9.13. The fourth-order valence-corrected chi connectivity index (χ4v) is 4.31. The Morgan fingerprint density at radius 3 is 2.56 bits per heavy atom. The van der Waals surface area contributed by atoms with Crippen LogP contribution in [0.4, 0.5) is 5.69 Å². The van der Waals surface area contributed by atoms with E-state index in [1.165, 1.54) is 19.2 Å². The van der Waals surface area contributed by atoms with Crippen molar-refractivity contribution in [2.24, 2.45) is 0 Å². The minimum absolute atomic E-state index is 0.0610. The van der Waals surface area contributed by atoms with Gasteiger partial charge >= 0.3 is 5.97 Å². The van der Waals surface area contributed by atoms with E-state index in [1.807, 2.05) is 0 Å². The van der Waals surface area contributed by atoms with Crippen molar-refractivity contribution in [3.8, 4) is 11.5 Å². The Bertz CT molecular complexity index is 935. The molecule has 2 aromatic rings. The molecular weight excluding hydrogens is 370 g/mol. The normalized spacial score (nSPS) is 14.7. The van der Waals surface area contributed by atoms with Gasteiger partial charge in [-0.05, 0) is 56.0 Å². The van der Waals surface area contributed by atoms with Crippen molar-refractivity contribution >= 4 is 21.7 Å². The first-order valence-electron chi connectivity index (χ1n) is 8.60. The minimum Gasteiger partial charge on any atom is -0.495 e. The largest absolute Gasteiger partial charge is 0.495 e. The van der Waals surface area contributed by atoms with Gasteiger partial charge in [0, 0.05) is 6.07 Å². The Morgan fingerprint density at radius 1 is 1.15 bits per heavy atom. The third-order valence-corrected chi connectivity index (χ3v) is 5.79. The van der Waals surface area contributed by atoms with Crippen molar-refractivity contribution in [2.75, 3.05) is 11.8 Å². The second-order valence-corrected chi connectivity index (χ2v) is 7.98. The molecule has 1 fully saturated rings. The molecule has 7 nitrogen and oxygen atoms in total. The average Bonchev–Trinajstić information content (AvgIpc) is 3.14. The smallest absolute Gasteiger partial charge is 0.335 e. The van der Waals surface area contributed by atoms with Crippen molar-refractivity contribution in [3.63, 3.8) is 0 Å². The first-order valence-corrected chi connectivity index (χ1v) is 10.1. The van der Waals surface area contributed by atoms with E-state index in [4.69, 9.17) is 14.6 Å². The van der Waals surface area contributed by atoms with Crippen LogP contribution in [-0.4, -0.2) is 32.7 Å². The highest BCUT2D eigenvalue weighted by atomic mass is 32.2. The molecule has 0 heterocycles. The summed E-state index contributed by atoms with van der Waals surface area (Å²) in [7, 11) is -2.73. The van der Waals surface area contributed by atoms with Crippen molar-refractivity contribution in [1.29, 1.82) is 0 Å². The van der Waals surface area contributed by atoms with Crippen LogP contribution >= 0.6 is 0 Å². The lowest BCUT2D eigenvalue weighted by Crippen LogP contribution is -2.15. The van der Waals surface area contributed by atoms with Crippen LogP contribution < -0.4 is 14.2 Å². The van der Waals surface area contributed by atoms with Gasteiger partial charge in [0.2, 0.25) is 0 Å². The number of anilines is 1. The number of carboxylic acid groups (broad SMARTS) is 1. The van der Waals surface area contributed by atoms with Crippen LogP contribution in [0.3, 0.4) is 0 Å². The Labute approximate surface area is 158 Å². The third kappa shape index (κ3) is 4.51. The summed E-state index contributed by atoms with van der Waals surface area (Å²) < 4.78 is 39.0. The first-order chi connectivity index (χ1) is 12.9. The van der Waals surface area contributed by atoms with Crippen LogP contribution in [0.25, 0.3) is 0 Å². The Hall–Kier alpha value is -2.74. The lowest BCUT2D eigenvalue weighted by Gasteiger charge is -2.15. The highest BCUT2D eigenvalue weighted by molar-refractivity contribution is 7.92. The van der Waals surface area contributed by atoms with Crippen LogP contribution in [0.5, 0.6) is 11.5 Å². The van der Waals surface area contributed by atoms with Crippen molar-refractivity contribution in [1.82, 2.24) is 0 Å². The van der Waals surface area contributed by atoms with Gasteiger partial charge in [0.05, 0.1) is 24.5 Å². The molecule has 0 bridgehead atoms. The lowest BCUT2D eigenvalue weighted by atomic mass is 10.2. The fourth-order valence-electron chi connectivity index (χ4n) is 3.06. The van der Waals surface area contributed by atoms with Crippen LogP contribution in [0.15, 0.2) is 47.4 Å². The third-order valence-electron chi connectivity index (χ3n) is 4.39. The number of sulfonamides is 1. The molecule has 1 saturated carbocycles. The lowest BCUT2D eigenvalue weighted by molar-refractivity contribution is 0.0696. The molecule has 0 aromatic heterocycles. The number of rotatable bonds is 7. The fraction of sp³-hybridized carbons (Fsp3) is 0.316. The van der Waals surface area contributed by atoms with E-state index >= 15 is 0 Å². The first kappa shape index (κ1) is 19.0. The number of carbonyl (C=O) groups is 1. The molecule has 8 heteroatoms. The zero-order valence-electron chi connectivity index (χ0n) is 14.8. The van der Waals surface area contributed by atoms with Crippen LogP contribution in [0.1, 0.15) is 36.0 Å². The van der Waals surface area contributed by atoms with E-state index in [0.29, 0.717) is 11.4 Å². The second kappa shape index (κ2) is 7.87. The molecule has 144 valence electrons. The molecule has 0 radical (unpaired) electrons. The van der Waals surface area contributed by atoms with Crippen molar-refractivity contribution < 1.29 is 27.8 Å². The Kier molecular flexibility index (Phi) is 5.55. The standard InChI is InChI=1S/C19H21NO6S/c1-25-17-10-9-13(19(21)22)11-18(17)27(23,24)20-14-5-4-8-16(12-14)26-15-6-2-3-7-15/h4-5,8-12,15,20H,2-3,6-7H2,1H3,(H,21,22). The van der Waals surface area contributed by atoms with E-state index in [1.54, 1.807) is 24.3 Å². The van der Waals surface area contributed by atoms with Crippen LogP contribution in [-0.2, 0) is 10.0 Å². The van der Waals surface area contributed by atoms with E-state index < -0.39 is 16.0 Å². The summed E-state index contributed by atoms with van der Waals surface area (Å²) in [5.74, 6) is -0.569. The number of ether oxygens (including phenoxy) is 2. The number of nitrogens with one attached hydrogen (secondary N) is 1.